The lowest BCUT2D eigenvalue weighted by Gasteiger charge is -2.20. The summed E-state index contributed by atoms with van der Waals surface area (Å²) in [7, 11) is 0. The molecule has 7 rings (SSSR count). The highest BCUT2D eigenvalue weighted by Crippen LogP contribution is 2.32. The van der Waals surface area contributed by atoms with E-state index in [9.17, 15) is 19.2 Å². The van der Waals surface area contributed by atoms with Crippen molar-refractivity contribution in [3.05, 3.63) is 170 Å². The third-order valence-corrected chi connectivity index (χ3v) is 11.0. The van der Waals surface area contributed by atoms with Gasteiger partial charge < -0.3 is 26.0 Å². The number of anilines is 2. The van der Waals surface area contributed by atoms with E-state index >= 15 is 0 Å². The number of nitrogens with zero attached hydrogens (tertiary/aromatic N) is 1. The summed E-state index contributed by atoms with van der Waals surface area (Å²) in [5.41, 5.74) is 4.11. The average Bonchev–Trinajstić information content (AvgIpc) is 3.96. The van der Waals surface area contributed by atoms with Gasteiger partial charge in [-0.3, -0.25) is 24.2 Å². The lowest BCUT2D eigenvalue weighted by Crippen LogP contribution is -2.45. The molecule has 4 amide bonds. The molecule has 4 aromatic carbocycles. The Kier molecular flexibility index (Phi) is 12.3. The number of benzene rings is 4. The second-order valence-electron chi connectivity index (χ2n) is 13.1. The quantitative estimate of drug-likeness (QED) is 0.0865. The summed E-state index contributed by atoms with van der Waals surface area (Å²) in [5, 5.41) is 16.5. The zero-order valence-corrected chi connectivity index (χ0v) is 32.9. The zero-order chi connectivity index (χ0) is 39.7. The van der Waals surface area contributed by atoms with Crippen molar-refractivity contribution in [1.82, 2.24) is 15.6 Å². The van der Waals surface area contributed by atoms with Crippen LogP contribution in [0.15, 0.2) is 138 Å². The van der Waals surface area contributed by atoms with Crippen molar-refractivity contribution < 1.29 is 23.9 Å². The van der Waals surface area contributed by atoms with Crippen molar-refractivity contribution in [3.63, 3.8) is 0 Å². The van der Waals surface area contributed by atoms with Gasteiger partial charge in [-0.15, -0.1) is 22.7 Å². The highest BCUT2D eigenvalue weighted by molar-refractivity contribution is 7.12. The minimum absolute atomic E-state index is 0.200. The van der Waals surface area contributed by atoms with Crippen molar-refractivity contribution in [3.8, 4) is 11.5 Å². The normalized spacial score (nSPS) is 12.0. The summed E-state index contributed by atoms with van der Waals surface area (Å²) < 4.78 is 6.28. The molecule has 0 aliphatic carbocycles. The molecule has 10 nitrogen and oxygen atoms in total. The summed E-state index contributed by atoms with van der Waals surface area (Å²) in [4.78, 5) is 59.2. The number of nitrogens with one attached hydrogen (secondary N) is 4. The second kappa shape index (κ2) is 18.1. The molecule has 0 saturated carbocycles. The first-order valence-corrected chi connectivity index (χ1v) is 20.1. The Balaban J connectivity index is 1.09. The van der Waals surface area contributed by atoms with E-state index in [0.717, 1.165) is 16.7 Å². The summed E-state index contributed by atoms with van der Waals surface area (Å²) in [6, 6.07) is 34.2. The molecule has 0 fully saturated rings. The highest BCUT2D eigenvalue weighted by Gasteiger charge is 2.25. The van der Waals surface area contributed by atoms with Gasteiger partial charge in [-0.25, -0.2) is 0 Å². The smallest absolute Gasteiger partial charge is 0.262 e. The number of hydrogen-bond donors (Lipinski definition) is 4. The van der Waals surface area contributed by atoms with Gasteiger partial charge in [-0.05, 0) is 82.9 Å². The minimum atomic E-state index is -0.900. The number of hydrogen-bond acceptors (Lipinski definition) is 8. The van der Waals surface area contributed by atoms with Crippen LogP contribution in [0.3, 0.4) is 0 Å². The van der Waals surface area contributed by atoms with Crippen LogP contribution >= 0.6 is 34.3 Å². The molecule has 2 atom stereocenters. The predicted octanol–water partition coefficient (Wildman–Crippen LogP) is 9.07. The van der Waals surface area contributed by atoms with Crippen LogP contribution in [0.25, 0.3) is 10.9 Å². The Labute approximate surface area is 341 Å². The van der Waals surface area contributed by atoms with Crippen molar-refractivity contribution in [1.29, 1.82) is 0 Å². The van der Waals surface area contributed by atoms with Crippen LogP contribution in [-0.4, -0.2) is 40.7 Å². The van der Waals surface area contributed by atoms with Crippen LogP contribution in [-0.2, 0) is 22.4 Å². The van der Waals surface area contributed by atoms with Crippen LogP contribution < -0.4 is 26.0 Å². The van der Waals surface area contributed by atoms with Crippen LogP contribution in [0.2, 0.25) is 5.02 Å². The first-order valence-electron chi connectivity index (χ1n) is 17.9. The van der Waals surface area contributed by atoms with Gasteiger partial charge in [0, 0.05) is 47.3 Å². The standard InChI is InChI=1S/C44H36ClN5O5S2/c1-27-13-16-30(45)24-34(27)47-41(51)38(50-44(54)40-12-7-21-57-40)23-29-14-17-31(18-15-29)55-32-25-35-33(10-5-19-46-35)36(26-32)48-42(52)37(22-28-8-3-2-4-9-28)49-43(53)39-11-6-20-56-39/h2-21,24-26,37-38H,22-23H2,1H3,(H,47,51)(H,48,52)(H,49,53)(H,50,54). The van der Waals surface area contributed by atoms with Gasteiger partial charge >= 0.3 is 0 Å². The van der Waals surface area contributed by atoms with Crippen molar-refractivity contribution in [2.24, 2.45) is 0 Å². The van der Waals surface area contributed by atoms with E-state index in [0.29, 0.717) is 48.6 Å². The van der Waals surface area contributed by atoms with Crippen LogP contribution in [0.4, 0.5) is 11.4 Å². The molecule has 0 aliphatic rings. The van der Waals surface area contributed by atoms with Gasteiger partial charge in [0.05, 0.1) is 21.0 Å². The van der Waals surface area contributed by atoms with Crippen LogP contribution in [0.5, 0.6) is 11.5 Å². The first-order chi connectivity index (χ1) is 27.7. The van der Waals surface area contributed by atoms with Gasteiger partial charge in [0.2, 0.25) is 11.8 Å². The molecule has 0 radical (unpaired) electrons. The molecule has 3 aromatic heterocycles. The molecule has 0 bridgehead atoms. The number of fused-ring (bicyclic) bond motifs is 1. The van der Waals surface area contributed by atoms with E-state index in [4.69, 9.17) is 16.3 Å². The Hall–Kier alpha value is -6.34. The van der Waals surface area contributed by atoms with Gasteiger partial charge in [-0.1, -0.05) is 72.3 Å². The number of carbonyl (C=O) groups is 4. The molecule has 0 spiro atoms. The topological polar surface area (TPSA) is 139 Å². The summed E-state index contributed by atoms with van der Waals surface area (Å²) in [5.74, 6) is -0.552. The number of pyridine rings is 1. The fourth-order valence-electron chi connectivity index (χ4n) is 6.10. The number of halogens is 1. The first kappa shape index (κ1) is 38.9. The van der Waals surface area contributed by atoms with Crippen molar-refractivity contribution >= 4 is 80.2 Å². The molecule has 286 valence electrons. The lowest BCUT2D eigenvalue weighted by molar-refractivity contribution is -0.118. The molecular weight excluding hydrogens is 778 g/mol. The number of amides is 4. The monoisotopic (exact) mass is 813 g/mol. The fraction of sp³-hybridized carbons (Fsp3) is 0.114. The van der Waals surface area contributed by atoms with Crippen LogP contribution in [0, 0.1) is 6.92 Å². The maximum Gasteiger partial charge on any atom is 0.262 e. The molecule has 7 aromatic rings. The van der Waals surface area contributed by atoms with E-state index in [1.807, 2.05) is 66.9 Å². The molecular formula is C44H36ClN5O5S2. The third-order valence-electron chi connectivity index (χ3n) is 9.02. The van der Waals surface area contributed by atoms with E-state index < -0.39 is 18.0 Å². The van der Waals surface area contributed by atoms with E-state index in [2.05, 4.69) is 26.3 Å². The molecule has 2 unspecified atom stereocenters. The van der Waals surface area contributed by atoms with E-state index in [1.165, 1.54) is 22.7 Å². The van der Waals surface area contributed by atoms with Gasteiger partial charge in [0.1, 0.15) is 23.6 Å². The minimum Gasteiger partial charge on any atom is -0.457 e. The Morgan fingerprint density at radius 2 is 1.26 bits per heavy atom. The summed E-state index contributed by atoms with van der Waals surface area (Å²) in [6.45, 7) is 1.86. The van der Waals surface area contributed by atoms with Gasteiger partial charge in [-0.2, -0.15) is 0 Å². The number of ether oxygens (including phenoxy) is 1. The van der Waals surface area contributed by atoms with E-state index in [-0.39, 0.29) is 30.6 Å². The maximum atomic E-state index is 13.9. The average molecular weight is 814 g/mol. The number of rotatable bonds is 14. The van der Waals surface area contributed by atoms with Crippen molar-refractivity contribution in [2.75, 3.05) is 10.6 Å². The van der Waals surface area contributed by atoms with Crippen LogP contribution in [0.1, 0.15) is 36.0 Å². The van der Waals surface area contributed by atoms with E-state index in [1.54, 1.807) is 78.3 Å². The fourth-order valence-corrected chi connectivity index (χ4v) is 7.52. The molecule has 4 N–H and O–H groups in total. The van der Waals surface area contributed by atoms with Crippen molar-refractivity contribution in [2.45, 2.75) is 31.8 Å². The third kappa shape index (κ3) is 10.1. The number of carbonyl (C=O) groups excluding carboxylic acids is 4. The Morgan fingerprint density at radius 3 is 1.88 bits per heavy atom. The molecule has 0 saturated heterocycles. The highest BCUT2D eigenvalue weighted by atomic mass is 35.5. The summed E-state index contributed by atoms with van der Waals surface area (Å²) in [6.07, 6.45) is 2.14. The molecule has 3 heterocycles. The predicted molar refractivity (Wildman–Crippen MR) is 227 cm³/mol. The molecule has 0 aliphatic heterocycles. The second-order valence-corrected chi connectivity index (χ2v) is 15.5. The largest absolute Gasteiger partial charge is 0.457 e. The SMILES string of the molecule is Cc1ccc(Cl)cc1NC(=O)C(Cc1ccc(Oc2cc(NC(=O)C(Cc3ccccc3)NC(=O)c3cccs3)c3cccnc3c2)cc1)NC(=O)c1cccs1. The van der Waals surface area contributed by atoms with Gasteiger partial charge in [0.15, 0.2) is 0 Å². The zero-order valence-electron chi connectivity index (χ0n) is 30.5. The lowest BCUT2D eigenvalue weighted by atomic mass is 10.0. The number of aromatic nitrogens is 1. The van der Waals surface area contributed by atoms with Gasteiger partial charge in [0.25, 0.3) is 11.8 Å². The Bertz CT molecular complexity index is 2510. The Morgan fingerprint density at radius 1 is 0.649 bits per heavy atom. The number of thiophene rings is 2. The number of aryl methyl sites for hydroxylation is 1. The molecule has 13 heteroatoms. The summed E-state index contributed by atoms with van der Waals surface area (Å²) >= 11 is 8.79. The maximum absolute atomic E-state index is 13.9. The molecule has 57 heavy (non-hydrogen) atoms.